The molecule has 2 fully saturated rings. The molecule has 0 radical (unpaired) electrons. The fourth-order valence-corrected chi connectivity index (χ4v) is 6.39. The maximum absolute atomic E-state index is 15.4. The van der Waals surface area contributed by atoms with Crippen LogP contribution in [0.5, 0.6) is 0 Å². The summed E-state index contributed by atoms with van der Waals surface area (Å²) in [5.74, 6) is -1.97. The molecule has 1 aromatic carbocycles. The van der Waals surface area contributed by atoms with Crippen LogP contribution in [0, 0.1) is 29.1 Å². The summed E-state index contributed by atoms with van der Waals surface area (Å²) >= 11 is 1.55. The number of aliphatic hydroxyl groups excluding tert-OH is 1. The molecule has 11 heteroatoms. The van der Waals surface area contributed by atoms with Gasteiger partial charge in [-0.25, -0.2) is 9.37 Å². The van der Waals surface area contributed by atoms with Crippen LogP contribution in [0.15, 0.2) is 23.7 Å². The van der Waals surface area contributed by atoms with Gasteiger partial charge in [-0.15, -0.1) is 11.3 Å². The van der Waals surface area contributed by atoms with Crippen molar-refractivity contribution in [1.82, 2.24) is 20.5 Å². The molecule has 0 spiro atoms. The molecule has 3 amide bonds. The normalized spacial score (nSPS) is 22.8. The number of amides is 3. The molecular weight excluding hydrogens is 569 g/mol. The van der Waals surface area contributed by atoms with Gasteiger partial charge in [0, 0.05) is 0 Å². The molecule has 1 aliphatic heterocycles. The van der Waals surface area contributed by atoms with E-state index in [4.69, 9.17) is 0 Å². The van der Waals surface area contributed by atoms with Crippen LogP contribution < -0.4 is 10.6 Å². The highest BCUT2D eigenvalue weighted by Gasteiger charge is 2.54. The number of alkyl halides is 1. The van der Waals surface area contributed by atoms with Gasteiger partial charge in [0.05, 0.1) is 34.7 Å². The highest BCUT2D eigenvalue weighted by Crippen LogP contribution is 2.45. The molecule has 0 unspecified atom stereocenters. The van der Waals surface area contributed by atoms with Crippen molar-refractivity contribution in [3.05, 3.63) is 40.5 Å². The van der Waals surface area contributed by atoms with E-state index in [2.05, 4.69) is 42.5 Å². The first-order chi connectivity index (χ1) is 19.9. The molecule has 5 atom stereocenters. The van der Waals surface area contributed by atoms with E-state index >= 15 is 4.39 Å². The Balaban J connectivity index is 1.60. The molecule has 2 aliphatic rings. The van der Waals surface area contributed by atoms with E-state index in [0.717, 1.165) is 32.2 Å². The Kier molecular flexibility index (Phi) is 8.80. The smallest absolute Gasteiger partial charge is 0.246 e. The number of aromatic nitrogens is 1. The van der Waals surface area contributed by atoms with Gasteiger partial charge in [-0.1, -0.05) is 53.7 Å². The minimum atomic E-state index is -2.01. The molecule has 0 bridgehead atoms. The van der Waals surface area contributed by atoms with Crippen LogP contribution in [-0.2, 0) is 19.8 Å². The first-order valence-corrected chi connectivity index (χ1v) is 15.5. The number of β-amino-alcohol motifs (C(OH)–C–C–N with tert-alkyl or cyclic N) is 1. The molecule has 2 heterocycles. The van der Waals surface area contributed by atoms with Crippen molar-refractivity contribution in [2.75, 3.05) is 6.54 Å². The van der Waals surface area contributed by atoms with E-state index in [0.29, 0.717) is 12.8 Å². The number of benzene rings is 1. The number of aliphatic hydroxyl groups is 1. The first kappa shape index (κ1) is 32.6. The SMILES string of the molecule is Cc1ncsc1-c1ccc([C@H](C)NC(=O)[C@@H]2[C@@H](F)[C@@H](O)CN2C(=O)[C@@H](NC(=O)C2(C#N)CC2)C(C)(C)C)c(C(C)(C)C)c1. The Labute approximate surface area is 256 Å². The zero-order valence-electron chi connectivity index (χ0n) is 26.1. The highest BCUT2D eigenvalue weighted by atomic mass is 32.1. The molecule has 3 N–H and O–H groups in total. The zero-order valence-corrected chi connectivity index (χ0v) is 26.9. The number of thiazole rings is 1. The summed E-state index contributed by atoms with van der Waals surface area (Å²) in [6.45, 7) is 14.8. The maximum Gasteiger partial charge on any atom is 0.246 e. The quantitative estimate of drug-likeness (QED) is 0.426. The van der Waals surface area contributed by atoms with Crippen molar-refractivity contribution < 1.29 is 23.9 Å². The van der Waals surface area contributed by atoms with Crippen LogP contribution >= 0.6 is 11.3 Å². The molecule has 43 heavy (non-hydrogen) atoms. The van der Waals surface area contributed by atoms with E-state index in [1.54, 1.807) is 44.5 Å². The third kappa shape index (κ3) is 6.46. The molecule has 1 aromatic heterocycles. The Morgan fingerprint density at radius 1 is 1.19 bits per heavy atom. The van der Waals surface area contributed by atoms with Crippen LogP contribution in [0.2, 0.25) is 0 Å². The summed E-state index contributed by atoms with van der Waals surface area (Å²) in [6, 6.07) is 4.78. The van der Waals surface area contributed by atoms with E-state index in [-0.39, 0.29) is 5.41 Å². The molecular formula is C32H42FN5O4S. The first-order valence-electron chi connectivity index (χ1n) is 14.6. The lowest BCUT2D eigenvalue weighted by molar-refractivity contribution is -0.145. The highest BCUT2D eigenvalue weighted by molar-refractivity contribution is 7.13. The molecule has 4 rings (SSSR count). The zero-order chi connectivity index (χ0) is 32.1. The number of halogens is 1. The van der Waals surface area contributed by atoms with Gasteiger partial charge in [0.15, 0.2) is 6.17 Å². The van der Waals surface area contributed by atoms with Gasteiger partial charge >= 0.3 is 0 Å². The van der Waals surface area contributed by atoms with E-state index in [1.807, 2.05) is 25.1 Å². The largest absolute Gasteiger partial charge is 0.388 e. The fourth-order valence-electron chi connectivity index (χ4n) is 5.59. The van der Waals surface area contributed by atoms with E-state index < -0.39 is 65.5 Å². The standard InChI is InChI=1S/C32H42FN5O4S/c1-17(20-10-9-19(13-21(20)30(3,4)5)25-18(2)35-16-43-25)36-27(40)24-23(33)22(39)14-38(24)28(41)26(31(6,7)8)37-29(42)32(15-34)11-12-32/h9-10,13,16-17,22-24,26,39H,11-12,14H2,1-8H3,(H,36,40)(H,37,42)/t17-,22-,23-,24-,26+/m0/s1. The van der Waals surface area contributed by atoms with Crippen molar-refractivity contribution in [3.8, 4) is 16.5 Å². The molecule has 1 aliphatic carbocycles. The van der Waals surface area contributed by atoms with Crippen molar-refractivity contribution >= 4 is 29.1 Å². The summed E-state index contributed by atoms with van der Waals surface area (Å²) < 4.78 is 15.4. The number of rotatable bonds is 7. The molecule has 232 valence electrons. The van der Waals surface area contributed by atoms with Gasteiger partial charge in [-0.05, 0) is 60.3 Å². The van der Waals surface area contributed by atoms with Crippen molar-refractivity contribution in [1.29, 1.82) is 5.26 Å². The topological polar surface area (TPSA) is 135 Å². The number of hydrogen-bond acceptors (Lipinski definition) is 7. The van der Waals surface area contributed by atoms with E-state index in [9.17, 15) is 24.8 Å². The molecule has 9 nitrogen and oxygen atoms in total. The summed E-state index contributed by atoms with van der Waals surface area (Å²) in [5.41, 5.74) is 3.35. The predicted molar refractivity (Wildman–Crippen MR) is 163 cm³/mol. The Hall–Kier alpha value is -3.36. The van der Waals surface area contributed by atoms with Gasteiger partial charge in [0.1, 0.15) is 23.6 Å². The third-order valence-corrected chi connectivity index (χ3v) is 9.40. The number of nitrogens with zero attached hydrogens (tertiary/aromatic N) is 3. The predicted octanol–water partition coefficient (Wildman–Crippen LogP) is 4.34. The number of nitriles is 1. The lowest BCUT2D eigenvalue weighted by atomic mass is 9.81. The lowest BCUT2D eigenvalue weighted by Gasteiger charge is -2.36. The maximum atomic E-state index is 15.4. The average Bonchev–Trinajstić information content (AvgIpc) is 3.52. The van der Waals surface area contributed by atoms with Crippen LogP contribution in [-0.4, -0.2) is 63.6 Å². The summed E-state index contributed by atoms with van der Waals surface area (Å²) in [4.78, 5) is 46.9. The monoisotopic (exact) mass is 611 g/mol. The second-order valence-corrected chi connectivity index (χ2v) is 14.8. The number of carbonyl (C=O) groups is 3. The number of carbonyl (C=O) groups excluding carboxylic acids is 3. The van der Waals surface area contributed by atoms with Crippen LogP contribution in [0.4, 0.5) is 4.39 Å². The van der Waals surface area contributed by atoms with Crippen LogP contribution in [0.3, 0.4) is 0 Å². The van der Waals surface area contributed by atoms with Crippen molar-refractivity contribution in [2.45, 2.75) is 104 Å². The molecule has 2 aromatic rings. The number of aryl methyl sites for hydroxylation is 1. The lowest BCUT2D eigenvalue weighted by Crippen LogP contribution is -2.59. The Bertz CT molecular complexity index is 1450. The second-order valence-electron chi connectivity index (χ2n) is 14.0. The minimum Gasteiger partial charge on any atom is -0.388 e. The summed E-state index contributed by atoms with van der Waals surface area (Å²) in [5, 5.41) is 25.5. The van der Waals surface area contributed by atoms with Gasteiger partial charge in [0.25, 0.3) is 0 Å². The fraction of sp³-hybridized carbons (Fsp3) is 0.594. The third-order valence-electron chi connectivity index (χ3n) is 8.42. The summed E-state index contributed by atoms with van der Waals surface area (Å²) in [6.07, 6.45) is -2.77. The van der Waals surface area contributed by atoms with Gasteiger partial charge in [0.2, 0.25) is 17.7 Å². The van der Waals surface area contributed by atoms with Gasteiger partial charge in [-0.3, -0.25) is 14.4 Å². The van der Waals surface area contributed by atoms with Crippen molar-refractivity contribution in [3.63, 3.8) is 0 Å². The van der Waals surface area contributed by atoms with Crippen molar-refractivity contribution in [2.24, 2.45) is 10.8 Å². The van der Waals surface area contributed by atoms with Crippen LogP contribution in [0.1, 0.15) is 84.2 Å². The Morgan fingerprint density at radius 2 is 1.84 bits per heavy atom. The van der Waals surface area contributed by atoms with Gasteiger partial charge in [-0.2, -0.15) is 5.26 Å². The Morgan fingerprint density at radius 3 is 2.35 bits per heavy atom. The summed E-state index contributed by atoms with van der Waals surface area (Å²) in [7, 11) is 0. The second kappa shape index (κ2) is 11.6. The van der Waals surface area contributed by atoms with E-state index in [1.165, 1.54) is 0 Å². The van der Waals surface area contributed by atoms with Crippen LogP contribution in [0.25, 0.3) is 10.4 Å². The number of hydrogen-bond donors (Lipinski definition) is 3. The minimum absolute atomic E-state index is 0.280. The number of nitrogens with one attached hydrogen (secondary N) is 2. The molecule has 1 saturated carbocycles. The average molecular weight is 612 g/mol. The van der Waals surface area contributed by atoms with Gasteiger partial charge < -0.3 is 20.6 Å². The molecule has 1 saturated heterocycles. The number of likely N-dealkylation sites (tertiary alicyclic amines) is 1.